The van der Waals surface area contributed by atoms with Crippen molar-refractivity contribution < 1.29 is 0 Å². The van der Waals surface area contributed by atoms with Gasteiger partial charge in [0.1, 0.15) is 0 Å². The maximum atomic E-state index is 6.20. The van der Waals surface area contributed by atoms with Crippen molar-refractivity contribution >= 4 is 40.5 Å². The Hall–Kier alpha value is -0.810. The lowest BCUT2D eigenvalue weighted by Gasteiger charge is -2.26. The third-order valence-electron chi connectivity index (χ3n) is 2.90. The van der Waals surface area contributed by atoms with Gasteiger partial charge in [-0.3, -0.25) is 0 Å². The number of nitrogens with two attached hydrogens (primary N) is 1. The highest BCUT2D eigenvalue weighted by Crippen LogP contribution is 2.22. The number of benzene rings is 1. The average Bonchev–Trinajstić information content (AvgIpc) is 2.76. The molecular weight excluding hydrogens is 313 g/mol. The van der Waals surface area contributed by atoms with E-state index >= 15 is 0 Å². The SMILES string of the molecule is CC(C)(Cc1ccccc1Cl)NCc1cnc(N)s1.Cl. The second-order valence-electron chi connectivity index (χ2n) is 5.17. The minimum Gasteiger partial charge on any atom is -0.375 e. The molecule has 0 unspecified atom stereocenters. The minimum absolute atomic E-state index is 0. The molecular formula is C14H19Cl2N3S. The molecule has 3 nitrogen and oxygen atoms in total. The summed E-state index contributed by atoms with van der Waals surface area (Å²) < 4.78 is 0. The Bertz CT molecular complexity index is 555. The van der Waals surface area contributed by atoms with Gasteiger partial charge in [-0.1, -0.05) is 29.8 Å². The first kappa shape index (κ1) is 17.2. The van der Waals surface area contributed by atoms with Crippen molar-refractivity contribution in [3.8, 4) is 0 Å². The van der Waals surface area contributed by atoms with Crippen molar-refractivity contribution in [3.63, 3.8) is 0 Å². The van der Waals surface area contributed by atoms with Crippen LogP contribution < -0.4 is 11.1 Å². The Balaban J connectivity index is 0.00000200. The maximum absolute atomic E-state index is 6.20. The summed E-state index contributed by atoms with van der Waals surface area (Å²) in [7, 11) is 0. The Labute approximate surface area is 135 Å². The van der Waals surface area contributed by atoms with Crippen LogP contribution >= 0.6 is 35.3 Å². The molecule has 1 aromatic carbocycles. The van der Waals surface area contributed by atoms with Gasteiger partial charge in [0, 0.05) is 28.2 Å². The monoisotopic (exact) mass is 331 g/mol. The Morgan fingerprint density at radius 1 is 1.35 bits per heavy atom. The molecule has 0 aliphatic carbocycles. The fourth-order valence-electron chi connectivity index (χ4n) is 1.91. The summed E-state index contributed by atoms with van der Waals surface area (Å²) in [4.78, 5) is 5.19. The van der Waals surface area contributed by atoms with Gasteiger partial charge < -0.3 is 11.1 Å². The Morgan fingerprint density at radius 3 is 2.65 bits per heavy atom. The molecule has 0 amide bonds. The van der Waals surface area contributed by atoms with Crippen LogP contribution in [0.1, 0.15) is 24.3 Å². The normalized spacial score (nSPS) is 11.2. The summed E-state index contributed by atoms with van der Waals surface area (Å²) in [5, 5.41) is 4.95. The molecule has 0 fully saturated rings. The first-order chi connectivity index (χ1) is 8.96. The molecule has 0 spiro atoms. The third kappa shape index (κ3) is 4.94. The molecule has 110 valence electrons. The largest absolute Gasteiger partial charge is 0.375 e. The van der Waals surface area contributed by atoms with Crippen molar-refractivity contribution in [2.24, 2.45) is 0 Å². The first-order valence-electron chi connectivity index (χ1n) is 6.15. The van der Waals surface area contributed by atoms with Crippen molar-refractivity contribution in [2.45, 2.75) is 32.4 Å². The summed E-state index contributed by atoms with van der Waals surface area (Å²) in [6.45, 7) is 5.10. The molecule has 1 heterocycles. The van der Waals surface area contributed by atoms with Crippen molar-refractivity contribution in [1.29, 1.82) is 0 Å². The number of thiazole rings is 1. The van der Waals surface area contributed by atoms with E-state index < -0.39 is 0 Å². The smallest absolute Gasteiger partial charge is 0.180 e. The number of nitrogen functional groups attached to an aromatic ring is 1. The van der Waals surface area contributed by atoms with Gasteiger partial charge in [-0.15, -0.1) is 23.7 Å². The Kier molecular flexibility index (Phi) is 6.27. The summed E-state index contributed by atoms with van der Waals surface area (Å²) >= 11 is 7.71. The lowest BCUT2D eigenvalue weighted by atomic mass is 9.95. The molecule has 20 heavy (non-hydrogen) atoms. The van der Waals surface area contributed by atoms with Gasteiger partial charge in [0.2, 0.25) is 0 Å². The van der Waals surface area contributed by atoms with Crippen LogP contribution in [0.3, 0.4) is 0 Å². The van der Waals surface area contributed by atoms with E-state index in [2.05, 4.69) is 30.2 Å². The van der Waals surface area contributed by atoms with Crippen LogP contribution in [0.15, 0.2) is 30.5 Å². The number of aromatic nitrogens is 1. The number of hydrogen-bond donors (Lipinski definition) is 2. The lowest BCUT2D eigenvalue weighted by Crippen LogP contribution is -2.40. The number of rotatable bonds is 5. The van der Waals surface area contributed by atoms with E-state index in [9.17, 15) is 0 Å². The molecule has 0 bridgehead atoms. The zero-order valence-electron chi connectivity index (χ0n) is 11.5. The second kappa shape index (κ2) is 7.27. The molecule has 0 radical (unpaired) electrons. The van der Waals surface area contributed by atoms with Gasteiger partial charge in [0.15, 0.2) is 5.13 Å². The van der Waals surface area contributed by atoms with Gasteiger partial charge in [0.05, 0.1) is 0 Å². The van der Waals surface area contributed by atoms with Crippen LogP contribution in [0.5, 0.6) is 0 Å². The van der Waals surface area contributed by atoms with Crippen molar-refractivity contribution in [3.05, 3.63) is 45.9 Å². The summed E-state index contributed by atoms with van der Waals surface area (Å²) in [6, 6.07) is 7.96. The van der Waals surface area contributed by atoms with E-state index in [1.165, 1.54) is 11.3 Å². The highest BCUT2D eigenvalue weighted by atomic mass is 35.5. The minimum atomic E-state index is -0.0380. The summed E-state index contributed by atoms with van der Waals surface area (Å²) in [5.41, 5.74) is 6.74. The van der Waals surface area contributed by atoms with Crippen LogP contribution in [-0.2, 0) is 13.0 Å². The molecule has 2 rings (SSSR count). The van der Waals surface area contributed by atoms with Gasteiger partial charge in [-0.05, 0) is 31.9 Å². The molecule has 0 atom stereocenters. The number of hydrogen-bond acceptors (Lipinski definition) is 4. The molecule has 0 saturated carbocycles. The molecule has 0 saturated heterocycles. The molecule has 6 heteroatoms. The maximum Gasteiger partial charge on any atom is 0.180 e. The third-order valence-corrected chi connectivity index (χ3v) is 4.10. The van der Waals surface area contributed by atoms with Gasteiger partial charge in [-0.2, -0.15) is 0 Å². The Morgan fingerprint density at radius 2 is 2.05 bits per heavy atom. The molecule has 2 aromatic rings. The van der Waals surface area contributed by atoms with E-state index in [1.807, 2.05) is 24.4 Å². The van der Waals surface area contributed by atoms with E-state index in [0.717, 1.165) is 28.4 Å². The van der Waals surface area contributed by atoms with Gasteiger partial charge >= 0.3 is 0 Å². The first-order valence-corrected chi connectivity index (χ1v) is 7.34. The number of nitrogens with zero attached hydrogens (tertiary/aromatic N) is 1. The topological polar surface area (TPSA) is 50.9 Å². The molecule has 0 aliphatic heterocycles. The highest BCUT2D eigenvalue weighted by molar-refractivity contribution is 7.15. The fourth-order valence-corrected chi connectivity index (χ4v) is 2.74. The van der Waals surface area contributed by atoms with Crippen LogP contribution in [0.2, 0.25) is 5.02 Å². The highest BCUT2D eigenvalue weighted by Gasteiger charge is 2.19. The van der Waals surface area contributed by atoms with Crippen LogP contribution in [0.4, 0.5) is 5.13 Å². The van der Waals surface area contributed by atoms with Crippen molar-refractivity contribution in [1.82, 2.24) is 10.3 Å². The molecule has 0 aliphatic rings. The number of nitrogens with one attached hydrogen (secondary N) is 1. The van der Waals surface area contributed by atoms with Crippen LogP contribution in [0.25, 0.3) is 0 Å². The number of halogens is 2. The van der Waals surface area contributed by atoms with Gasteiger partial charge in [0.25, 0.3) is 0 Å². The zero-order valence-corrected chi connectivity index (χ0v) is 13.9. The predicted molar refractivity (Wildman–Crippen MR) is 89.8 cm³/mol. The van der Waals surface area contributed by atoms with E-state index in [4.69, 9.17) is 17.3 Å². The summed E-state index contributed by atoms with van der Waals surface area (Å²) in [6.07, 6.45) is 2.69. The van der Waals surface area contributed by atoms with E-state index in [0.29, 0.717) is 5.13 Å². The molecule has 3 N–H and O–H groups in total. The second-order valence-corrected chi connectivity index (χ2v) is 6.72. The van der Waals surface area contributed by atoms with Crippen LogP contribution in [0, 0.1) is 0 Å². The zero-order chi connectivity index (χ0) is 13.9. The average molecular weight is 332 g/mol. The van der Waals surface area contributed by atoms with Gasteiger partial charge in [-0.25, -0.2) is 4.98 Å². The fraction of sp³-hybridized carbons (Fsp3) is 0.357. The molecule has 1 aromatic heterocycles. The standard InChI is InChI=1S/C14H18ClN3S.ClH/c1-14(2,7-10-5-3-4-6-12(10)15)18-9-11-8-17-13(16)19-11;/h3-6,8,18H,7,9H2,1-2H3,(H2,16,17);1H. The lowest BCUT2D eigenvalue weighted by molar-refractivity contribution is 0.385. The number of anilines is 1. The van der Waals surface area contributed by atoms with E-state index in [-0.39, 0.29) is 17.9 Å². The van der Waals surface area contributed by atoms with Crippen LogP contribution in [-0.4, -0.2) is 10.5 Å². The van der Waals surface area contributed by atoms with Crippen molar-refractivity contribution in [2.75, 3.05) is 5.73 Å². The van der Waals surface area contributed by atoms with E-state index in [1.54, 1.807) is 0 Å². The quantitative estimate of drug-likeness (QED) is 0.873. The predicted octanol–water partition coefficient (Wildman–Crippen LogP) is 3.91. The summed E-state index contributed by atoms with van der Waals surface area (Å²) in [5.74, 6) is 0.